The predicted octanol–water partition coefficient (Wildman–Crippen LogP) is 0.895. The van der Waals surface area contributed by atoms with Crippen molar-refractivity contribution in [3.63, 3.8) is 0 Å². The van der Waals surface area contributed by atoms with E-state index in [0.29, 0.717) is 12.3 Å². The fourth-order valence-corrected chi connectivity index (χ4v) is 1.02. The molecule has 0 fully saturated rings. The van der Waals surface area contributed by atoms with E-state index in [1.807, 2.05) is 20.8 Å². The van der Waals surface area contributed by atoms with E-state index < -0.39 is 0 Å². The summed E-state index contributed by atoms with van der Waals surface area (Å²) in [4.78, 5) is 0. The summed E-state index contributed by atoms with van der Waals surface area (Å²) in [6.45, 7) is 6.18. The SMILES string of the molecule is CC(CC#N)N[C@H](CO)C(C)C. The number of aliphatic hydroxyl groups is 1. The van der Waals surface area contributed by atoms with Gasteiger partial charge < -0.3 is 10.4 Å². The van der Waals surface area contributed by atoms with E-state index in [1.165, 1.54) is 0 Å². The zero-order valence-electron chi connectivity index (χ0n) is 8.04. The van der Waals surface area contributed by atoms with Gasteiger partial charge >= 0.3 is 0 Å². The van der Waals surface area contributed by atoms with Crippen LogP contribution in [-0.4, -0.2) is 23.8 Å². The largest absolute Gasteiger partial charge is 0.395 e. The zero-order valence-corrected chi connectivity index (χ0v) is 8.04. The number of nitrogens with zero attached hydrogens (tertiary/aromatic N) is 1. The molecule has 0 aliphatic heterocycles. The van der Waals surface area contributed by atoms with E-state index in [0.717, 1.165) is 0 Å². The van der Waals surface area contributed by atoms with E-state index in [2.05, 4.69) is 11.4 Å². The fraction of sp³-hybridized carbons (Fsp3) is 0.889. The summed E-state index contributed by atoms with van der Waals surface area (Å²) < 4.78 is 0. The van der Waals surface area contributed by atoms with Crippen LogP contribution in [0.25, 0.3) is 0 Å². The van der Waals surface area contributed by atoms with Crippen molar-refractivity contribution in [3.05, 3.63) is 0 Å². The molecule has 2 atom stereocenters. The van der Waals surface area contributed by atoms with Gasteiger partial charge in [-0.15, -0.1) is 0 Å². The third-order valence-corrected chi connectivity index (χ3v) is 1.90. The monoisotopic (exact) mass is 170 g/mol. The van der Waals surface area contributed by atoms with Crippen molar-refractivity contribution < 1.29 is 5.11 Å². The molecule has 0 saturated heterocycles. The lowest BCUT2D eigenvalue weighted by atomic mass is 10.0. The maximum atomic E-state index is 8.97. The minimum absolute atomic E-state index is 0.105. The zero-order chi connectivity index (χ0) is 9.56. The second kappa shape index (κ2) is 5.99. The topological polar surface area (TPSA) is 56.0 Å². The van der Waals surface area contributed by atoms with Crippen LogP contribution >= 0.6 is 0 Å². The van der Waals surface area contributed by atoms with Crippen LogP contribution in [0.3, 0.4) is 0 Å². The molecule has 12 heavy (non-hydrogen) atoms. The molecule has 0 spiro atoms. The number of nitriles is 1. The van der Waals surface area contributed by atoms with E-state index in [4.69, 9.17) is 10.4 Å². The molecule has 3 heteroatoms. The van der Waals surface area contributed by atoms with Crippen molar-refractivity contribution in [2.75, 3.05) is 6.61 Å². The van der Waals surface area contributed by atoms with Gasteiger partial charge in [-0.25, -0.2) is 0 Å². The van der Waals surface area contributed by atoms with E-state index in [1.54, 1.807) is 0 Å². The van der Waals surface area contributed by atoms with Crippen LogP contribution in [-0.2, 0) is 0 Å². The van der Waals surface area contributed by atoms with Crippen LogP contribution < -0.4 is 5.32 Å². The van der Waals surface area contributed by atoms with Gasteiger partial charge in [0.1, 0.15) is 0 Å². The lowest BCUT2D eigenvalue weighted by molar-refractivity contribution is 0.201. The van der Waals surface area contributed by atoms with Crippen LogP contribution in [0.2, 0.25) is 0 Å². The highest BCUT2D eigenvalue weighted by Crippen LogP contribution is 2.02. The Morgan fingerprint density at radius 2 is 2.00 bits per heavy atom. The lowest BCUT2D eigenvalue weighted by Gasteiger charge is -2.23. The summed E-state index contributed by atoms with van der Waals surface area (Å²) in [5.41, 5.74) is 0. The molecule has 0 aromatic heterocycles. The van der Waals surface area contributed by atoms with Crippen LogP contribution in [0.1, 0.15) is 27.2 Å². The average Bonchev–Trinajstić information content (AvgIpc) is 2.00. The molecule has 0 aliphatic carbocycles. The van der Waals surface area contributed by atoms with Crippen LogP contribution in [0, 0.1) is 17.2 Å². The highest BCUT2D eigenvalue weighted by Gasteiger charge is 2.13. The first-order valence-corrected chi connectivity index (χ1v) is 4.35. The highest BCUT2D eigenvalue weighted by atomic mass is 16.3. The quantitative estimate of drug-likeness (QED) is 0.644. The molecule has 70 valence electrons. The van der Waals surface area contributed by atoms with Crippen molar-refractivity contribution in [3.8, 4) is 6.07 Å². The molecular weight excluding hydrogens is 152 g/mol. The molecule has 1 unspecified atom stereocenters. The second-order valence-electron chi connectivity index (χ2n) is 3.46. The summed E-state index contributed by atoms with van der Waals surface area (Å²) in [6, 6.07) is 2.36. The van der Waals surface area contributed by atoms with Gasteiger partial charge in [-0.2, -0.15) is 5.26 Å². The predicted molar refractivity (Wildman–Crippen MR) is 48.5 cm³/mol. The summed E-state index contributed by atoms with van der Waals surface area (Å²) in [6.07, 6.45) is 0.489. The lowest BCUT2D eigenvalue weighted by Crippen LogP contribution is -2.42. The summed E-state index contributed by atoms with van der Waals surface area (Å²) in [5, 5.41) is 20.6. The Kier molecular flexibility index (Phi) is 5.69. The smallest absolute Gasteiger partial charge is 0.0638 e. The van der Waals surface area contributed by atoms with Crippen molar-refractivity contribution in [1.82, 2.24) is 5.32 Å². The Labute approximate surface area is 74.4 Å². The second-order valence-corrected chi connectivity index (χ2v) is 3.46. The Balaban J connectivity index is 3.78. The van der Waals surface area contributed by atoms with Crippen LogP contribution in [0.4, 0.5) is 0 Å². The molecule has 0 amide bonds. The third-order valence-electron chi connectivity index (χ3n) is 1.90. The number of hydrogen-bond donors (Lipinski definition) is 2. The van der Waals surface area contributed by atoms with Gasteiger partial charge in [-0.05, 0) is 12.8 Å². The number of hydrogen-bond acceptors (Lipinski definition) is 3. The molecular formula is C9H18N2O. The molecule has 0 rings (SSSR count). The Hall–Kier alpha value is -0.590. The van der Waals surface area contributed by atoms with Gasteiger partial charge in [-0.1, -0.05) is 13.8 Å². The van der Waals surface area contributed by atoms with Crippen molar-refractivity contribution in [2.45, 2.75) is 39.3 Å². The van der Waals surface area contributed by atoms with E-state index in [-0.39, 0.29) is 18.7 Å². The average molecular weight is 170 g/mol. The molecule has 0 radical (unpaired) electrons. The maximum absolute atomic E-state index is 8.97. The standard InChI is InChI=1S/C9H18N2O/c1-7(2)9(6-12)11-8(3)4-5-10/h7-9,11-12H,4,6H2,1-3H3/t8?,9-/m1/s1. The van der Waals surface area contributed by atoms with Crippen molar-refractivity contribution >= 4 is 0 Å². The number of rotatable bonds is 5. The summed E-state index contributed by atoms with van der Waals surface area (Å²) in [7, 11) is 0. The molecule has 3 nitrogen and oxygen atoms in total. The van der Waals surface area contributed by atoms with E-state index in [9.17, 15) is 0 Å². The van der Waals surface area contributed by atoms with E-state index >= 15 is 0 Å². The Bertz CT molecular complexity index is 151. The van der Waals surface area contributed by atoms with Crippen LogP contribution in [0.5, 0.6) is 0 Å². The normalized spacial score (nSPS) is 15.7. The number of nitrogens with one attached hydrogen (secondary N) is 1. The molecule has 2 N–H and O–H groups in total. The Morgan fingerprint density at radius 1 is 1.42 bits per heavy atom. The van der Waals surface area contributed by atoms with Gasteiger partial charge in [0, 0.05) is 12.1 Å². The first-order valence-electron chi connectivity index (χ1n) is 4.35. The van der Waals surface area contributed by atoms with Gasteiger partial charge in [0.2, 0.25) is 0 Å². The minimum atomic E-state index is 0.105. The molecule has 0 saturated carbocycles. The molecule has 0 heterocycles. The molecule has 0 aromatic rings. The van der Waals surface area contributed by atoms with Crippen LogP contribution in [0.15, 0.2) is 0 Å². The van der Waals surface area contributed by atoms with Gasteiger partial charge in [0.05, 0.1) is 19.1 Å². The first kappa shape index (κ1) is 11.4. The molecule has 0 bridgehead atoms. The third kappa shape index (κ3) is 4.32. The van der Waals surface area contributed by atoms with Crippen molar-refractivity contribution in [2.24, 2.45) is 5.92 Å². The Morgan fingerprint density at radius 3 is 2.33 bits per heavy atom. The van der Waals surface area contributed by atoms with Gasteiger partial charge in [-0.3, -0.25) is 0 Å². The molecule has 0 aliphatic rings. The fourth-order valence-electron chi connectivity index (χ4n) is 1.02. The van der Waals surface area contributed by atoms with Gasteiger partial charge in [0.25, 0.3) is 0 Å². The summed E-state index contributed by atoms with van der Waals surface area (Å²) >= 11 is 0. The summed E-state index contributed by atoms with van der Waals surface area (Å²) in [5.74, 6) is 0.399. The van der Waals surface area contributed by atoms with Gasteiger partial charge in [0.15, 0.2) is 0 Å². The number of aliphatic hydroxyl groups excluding tert-OH is 1. The maximum Gasteiger partial charge on any atom is 0.0638 e. The first-order chi connectivity index (χ1) is 5.61. The minimum Gasteiger partial charge on any atom is -0.395 e. The highest BCUT2D eigenvalue weighted by molar-refractivity contribution is 4.81. The molecule has 0 aromatic carbocycles. The van der Waals surface area contributed by atoms with Crippen molar-refractivity contribution in [1.29, 1.82) is 5.26 Å².